The standard InChI is InChI=1S/C20H28ClN3O2/c21-9-6-19(25)23-12-7-16(8-13-23)14-20(26)24-11-2-1-5-18(24)17-4-3-10-22-15-17/h3-4,10,15-16,18H,1-2,5-9,11-14H2. The quantitative estimate of drug-likeness (QED) is 0.739. The molecule has 0 bridgehead atoms. The molecule has 3 rings (SSSR count). The fourth-order valence-electron chi connectivity index (χ4n) is 4.14. The van der Waals surface area contributed by atoms with E-state index in [9.17, 15) is 9.59 Å². The summed E-state index contributed by atoms with van der Waals surface area (Å²) in [6.45, 7) is 2.34. The van der Waals surface area contributed by atoms with E-state index in [1.165, 1.54) is 0 Å². The van der Waals surface area contributed by atoms with Crippen molar-refractivity contribution in [1.29, 1.82) is 0 Å². The second-order valence-electron chi connectivity index (χ2n) is 7.35. The largest absolute Gasteiger partial charge is 0.343 e. The van der Waals surface area contributed by atoms with E-state index in [1.54, 1.807) is 6.20 Å². The van der Waals surface area contributed by atoms with Crippen LogP contribution < -0.4 is 0 Å². The molecule has 0 spiro atoms. The lowest BCUT2D eigenvalue weighted by molar-refractivity contribution is -0.137. The Morgan fingerprint density at radius 1 is 1.12 bits per heavy atom. The predicted molar refractivity (Wildman–Crippen MR) is 102 cm³/mol. The van der Waals surface area contributed by atoms with Crippen LogP contribution in [0, 0.1) is 5.92 Å². The molecule has 142 valence electrons. The Balaban J connectivity index is 1.55. The summed E-state index contributed by atoms with van der Waals surface area (Å²) in [6.07, 6.45) is 9.73. The molecule has 26 heavy (non-hydrogen) atoms. The van der Waals surface area contributed by atoms with Crippen LogP contribution in [0.4, 0.5) is 0 Å². The SMILES string of the molecule is O=C(CCCl)N1CCC(CC(=O)N2CCCCC2c2cccnc2)CC1. The molecular formula is C20H28ClN3O2. The van der Waals surface area contributed by atoms with Gasteiger partial charge in [-0.2, -0.15) is 0 Å². The second-order valence-corrected chi connectivity index (χ2v) is 7.73. The molecule has 1 unspecified atom stereocenters. The Kier molecular flexibility index (Phi) is 6.89. The number of hydrogen-bond donors (Lipinski definition) is 0. The Morgan fingerprint density at radius 3 is 2.62 bits per heavy atom. The van der Waals surface area contributed by atoms with Crippen LogP contribution in [0.25, 0.3) is 0 Å². The van der Waals surface area contributed by atoms with Crippen molar-refractivity contribution in [3.8, 4) is 0 Å². The van der Waals surface area contributed by atoms with Gasteiger partial charge in [-0.05, 0) is 49.7 Å². The number of likely N-dealkylation sites (tertiary alicyclic amines) is 2. The molecule has 0 saturated carbocycles. The van der Waals surface area contributed by atoms with E-state index < -0.39 is 0 Å². The zero-order valence-corrected chi connectivity index (χ0v) is 16.0. The van der Waals surface area contributed by atoms with E-state index in [0.29, 0.717) is 24.6 Å². The average molecular weight is 378 g/mol. The fourth-order valence-corrected chi connectivity index (χ4v) is 4.30. The average Bonchev–Trinajstić information content (AvgIpc) is 2.69. The third-order valence-corrected chi connectivity index (χ3v) is 5.82. The minimum absolute atomic E-state index is 0.137. The number of amides is 2. The van der Waals surface area contributed by atoms with Gasteiger partial charge >= 0.3 is 0 Å². The van der Waals surface area contributed by atoms with Crippen LogP contribution in [0.3, 0.4) is 0 Å². The third-order valence-electron chi connectivity index (χ3n) is 5.63. The molecule has 1 aromatic heterocycles. The minimum atomic E-state index is 0.137. The smallest absolute Gasteiger partial charge is 0.223 e. The van der Waals surface area contributed by atoms with E-state index in [1.807, 2.05) is 17.2 Å². The van der Waals surface area contributed by atoms with Gasteiger partial charge in [0, 0.05) is 50.7 Å². The molecule has 1 atom stereocenters. The van der Waals surface area contributed by atoms with Crippen molar-refractivity contribution in [3.05, 3.63) is 30.1 Å². The lowest BCUT2D eigenvalue weighted by atomic mass is 9.90. The lowest BCUT2D eigenvalue weighted by Gasteiger charge is -2.38. The highest BCUT2D eigenvalue weighted by atomic mass is 35.5. The van der Waals surface area contributed by atoms with Gasteiger partial charge in [0.15, 0.2) is 0 Å². The molecule has 2 aliphatic rings. The van der Waals surface area contributed by atoms with Crippen molar-refractivity contribution < 1.29 is 9.59 Å². The van der Waals surface area contributed by atoms with E-state index in [0.717, 1.165) is 57.3 Å². The van der Waals surface area contributed by atoms with E-state index in [4.69, 9.17) is 11.6 Å². The zero-order chi connectivity index (χ0) is 18.4. The maximum absolute atomic E-state index is 13.0. The van der Waals surface area contributed by atoms with Gasteiger partial charge in [0.25, 0.3) is 0 Å². The Bertz CT molecular complexity index is 602. The summed E-state index contributed by atoms with van der Waals surface area (Å²) in [7, 11) is 0. The molecule has 0 aromatic carbocycles. The normalized spacial score (nSPS) is 21.7. The van der Waals surface area contributed by atoms with Crippen LogP contribution in [0.2, 0.25) is 0 Å². The van der Waals surface area contributed by atoms with Crippen molar-refractivity contribution >= 4 is 23.4 Å². The molecule has 5 nitrogen and oxygen atoms in total. The molecule has 2 amide bonds. The first-order valence-electron chi connectivity index (χ1n) is 9.72. The van der Waals surface area contributed by atoms with Gasteiger partial charge in [0.1, 0.15) is 0 Å². The van der Waals surface area contributed by atoms with Gasteiger partial charge in [0.05, 0.1) is 6.04 Å². The highest BCUT2D eigenvalue weighted by Crippen LogP contribution is 2.32. The monoisotopic (exact) mass is 377 g/mol. The molecule has 2 saturated heterocycles. The first kappa shape index (κ1) is 19.2. The summed E-state index contributed by atoms with van der Waals surface area (Å²) in [5.74, 6) is 1.14. The molecule has 0 N–H and O–H groups in total. The number of piperidine rings is 2. The summed E-state index contributed by atoms with van der Waals surface area (Å²) in [4.78, 5) is 33.1. The molecule has 2 fully saturated rings. The van der Waals surface area contributed by atoms with E-state index >= 15 is 0 Å². The number of pyridine rings is 1. The Hall–Kier alpha value is -1.62. The van der Waals surface area contributed by atoms with E-state index in [2.05, 4.69) is 16.0 Å². The van der Waals surface area contributed by atoms with Crippen LogP contribution in [0.5, 0.6) is 0 Å². The topological polar surface area (TPSA) is 53.5 Å². The molecule has 2 aliphatic heterocycles. The van der Waals surface area contributed by atoms with Gasteiger partial charge in [-0.3, -0.25) is 14.6 Å². The predicted octanol–water partition coefficient (Wildman–Crippen LogP) is 3.39. The van der Waals surface area contributed by atoms with Crippen LogP contribution in [0.15, 0.2) is 24.5 Å². The number of nitrogens with zero attached hydrogens (tertiary/aromatic N) is 3. The van der Waals surface area contributed by atoms with Crippen molar-refractivity contribution in [2.24, 2.45) is 5.92 Å². The van der Waals surface area contributed by atoms with Crippen molar-refractivity contribution in [2.45, 2.75) is 51.0 Å². The lowest BCUT2D eigenvalue weighted by Crippen LogP contribution is -2.42. The highest BCUT2D eigenvalue weighted by Gasteiger charge is 2.31. The number of halogens is 1. The molecule has 1 aromatic rings. The molecule has 0 aliphatic carbocycles. The maximum atomic E-state index is 13.0. The highest BCUT2D eigenvalue weighted by molar-refractivity contribution is 6.18. The number of alkyl halides is 1. The number of rotatable bonds is 5. The van der Waals surface area contributed by atoms with Gasteiger partial charge in [-0.25, -0.2) is 0 Å². The van der Waals surface area contributed by atoms with Crippen LogP contribution in [-0.4, -0.2) is 52.1 Å². The zero-order valence-electron chi connectivity index (χ0n) is 15.3. The minimum Gasteiger partial charge on any atom is -0.343 e. The fraction of sp³-hybridized carbons (Fsp3) is 0.650. The first-order valence-corrected chi connectivity index (χ1v) is 10.3. The van der Waals surface area contributed by atoms with Gasteiger partial charge in [0.2, 0.25) is 11.8 Å². The number of hydrogen-bond acceptors (Lipinski definition) is 3. The summed E-state index contributed by atoms with van der Waals surface area (Å²) < 4.78 is 0. The number of carbonyl (C=O) groups excluding carboxylic acids is 2. The van der Waals surface area contributed by atoms with Crippen molar-refractivity contribution in [3.63, 3.8) is 0 Å². The first-order chi connectivity index (χ1) is 12.7. The summed E-state index contributed by atoms with van der Waals surface area (Å²) in [5.41, 5.74) is 1.14. The Morgan fingerprint density at radius 2 is 1.92 bits per heavy atom. The summed E-state index contributed by atoms with van der Waals surface area (Å²) >= 11 is 5.66. The van der Waals surface area contributed by atoms with Crippen LogP contribution in [-0.2, 0) is 9.59 Å². The second kappa shape index (κ2) is 9.36. The van der Waals surface area contributed by atoms with Crippen LogP contribution >= 0.6 is 11.6 Å². The Labute approximate surface area is 160 Å². The number of carbonyl (C=O) groups is 2. The summed E-state index contributed by atoms with van der Waals surface area (Å²) in [6, 6.07) is 4.18. The van der Waals surface area contributed by atoms with Crippen LogP contribution in [0.1, 0.15) is 56.6 Å². The van der Waals surface area contributed by atoms with Gasteiger partial charge in [-0.1, -0.05) is 6.07 Å². The van der Waals surface area contributed by atoms with Gasteiger partial charge < -0.3 is 9.80 Å². The molecular weight excluding hydrogens is 350 g/mol. The molecule has 3 heterocycles. The summed E-state index contributed by atoms with van der Waals surface area (Å²) in [5, 5.41) is 0. The third kappa shape index (κ3) is 4.76. The van der Waals surface area contributed by atoms with Crippen molar-refractivity contribution in [1.82, 2.24) is 14.8 Å². The van der Waals surface area contributed by atoms with Crippen molar-refractivity contribution in [2.75, 3.05) is 25.5 Å². The number of aromatic nitrogens is 1. The maximum Gasteiger partial charge on any atom is 0.223 e. The molecule has 6 heteroatoms. The van der Waals surface area contributed by atoms with Gasteiger partial charge in [-0.15, -0.1) is 11.6 Å². The molecule has 0 radical (unpaired) electrons. The van der Waals surface area contributed by atoms with E-state index in [-0.39, 0.29) is 17.9 Å².